The molecule has 0 aromatic rings. The summed E-state index contributed by atoms with van der Waals surface area (Å²) >= 11 is 0. The lowest BCUT2D eigenvalue weighted by Crippen LogP contribution is -2.41. The van der Waals surface area contributed by atoms with E-state index in [-0.39, 0.29) is 29.6 Å². The average molecular weight is 276 g/mol. The van der Waals surface area contributed by atoms with Gasteiger partial charge >= 0.3 is 6.03 Å². The normalized spacial score (nSPS) is 30.2. The maximum absolute atomic E-state index is 11.5. The van der Waals surface area contributed by atoms with E-state index in [0.29, 0.717) is 19.5 Å². The minimum absolute atomic E-state index is 0.0588. The maximum Gasteiger partial charge on any atom is 0.314 e. The number of rotatable bonds is 4. The van der Waals surface area contributed by atoms with Crippen LogP contribution in [0.2, 0.25) is 0 Å². The summed E-state index contributed by atoms with van der Waals surface area (Å²) in [6, 6.07) is -0.241. The summed E-state index contributed by atoms with van der Waals surface area (Å²) in [5.74, 6) is 0.499. The molecule has 2 rings (SSSR count). The number of nitrogens with one attached hydrogen (secondary N) is 2. The Hall–Kier alpha value is -0.820. The predicted octanol–water partition coefficient (Wildman–Crippen LogP) is -0.101. The Kier molecular flexibility index (Phi) is 4.45. The van der Waals surface area contributed by atoms with Gasteiger partial charge in [0.05, 0.1) is 17.6 Å². The van der Waals surface area contributed by atoms with E-state index in [9.17, 15) is 13.2 Å². The molecule has 0 aromatic carbocycles. The smallest absolute Gasteiger partial charge is 0.314 e. The van der Waals surface area contributed by atoms with Crippen molar-refractivity contribution in [3.8, 4) is 0 Å². The predicted molar refractivity (Wildman–Crippen MR) is 67.1 cm³/mol. The topological polar surface area (TPSA) is 84.5 Å². The summed E-state index contributed by atoms with van der Waals surface area (Å²) in [7, 11) is -2.86. The second-order valence-electron chi connectivity index (χ2n) is 5.00. The Bertz CT molecular complexity index is 390. The Morgan fingerprint density at radius 3 is 2.61 bits per heavy atom. The highest BCUT2D eigenvalue weighted by atomic mass is 32.2. The van der Waals surface area contributed by atoms with Crippen molar-refractivity contribution < 1.29 is 17.9 Å². The van der Waals surface area contributed by atoms with Crippen LogP contribution in [0.3, 0.4) is 0 Å². The molecular weight excluding hydrogens is 256 g/mol. The summed E-state index contributed by atoms with van der Waals surface area (Å²) < 4.78 is 27.9. The quantitative estimate of drug-likeness (QED) is 0.751. The minimum Gasteiger partial charge on any atom is -0.376 e. The van der Waals surface area contributed by atoms with E-state index in [0.717, 1.165) is 19.4 Å². The summed E-state index contributed by atoms with van der Waals surface area (Å²) in [5, 5.41) is 5.46. The number of sulfone groups is 1. The van der Waals surface area contributed by atoms with Crippen molar-refractivity contribution in [2.45, 2.75) is 25.4 Å². The summed E-state index contributed by atoms with van der Waals surface area (Å²) in [6.07, 6.45) is 2.81. The third-order valence-corrected chi connectivity index (χ3v) is 5.23. The molecule has 0 unspecified atom stereocenters. The zero-order valence-electron chi connectivity index (χ0n) is 10.4. The second kappa shape index (κ2) is 5.88. The van der Waals surface area contributed by atoms with Crippen molar-refractivity contribution in [1.82, 2.24) is 10.6 Å². The van der Waals surface area contributed by atoms with Crippen LogP contribution in [-0.2, 0) is 14.6 Å². The van der Waals surface area contributed by atoms with Crippen LogP contribution < -0.4 is 10.6 Å². The fourth-order valence-corrected chi connectivity index (χ4v) is 4.21. The van der Waals surface area contributed by atoms with Gasteiger partial charge in [0, 0.05) is 19.7 Å². The number of amides is 2. The first-order valence-corrected chi connectivity index (χ1v) is 8.21. The van der Waals surface area contributed by atoms with Gasteiger partial charge in [-0.15, -0.1) is 0 Å². The first-order chi connectivity index (χ1) is 8.55. The van der Waals surface area contributed by atoms with E-state index in [1.54, 1.807) is 0 Å². The highest BCUT2D eigenvalue weighted by Gasteiger charge is 2.27. The van der Waals surface area contributed by atoms with Gasteiger partial charge in [0.2, 0.25) is 0 Å². The number of ether oxygens (including phenoxy) is 1. The number of hydrogen-bond acceptors (Lipinski definition) is 4. The minimum atomic E-state index is -2.86. The molecule has 0 spiro atoms. The van der Waals surface area contributed by atoms with Crippen molar-refractivity contribution in [2.24, 2.45) is 5.92 Å². The zero-order chi connectivity index (χ0) is 13.0. The van der Waals surface area contributed by atoms with E-state index in [2.05, 4.69) is 10.6 Å². The van der Waals surface area contributed by atoms with E-state index < -0.39 is 9.84 Å². The first kappa shape index (κ1) is 13.6. The summed E-state index contributed by atoms with van der Waals surface area (Å²) in [4.78, 5) is 11.5. The molecule has 104 valence electrons. The van der Waals surface area contributed by atoms with Crippen molar-refractivity contribution in [3.63, 3.8) is 0 Å². The lowest BCUT2D eigenvalue weighted by atomic mass is 10.1. The molecule has 6 nitrogen and oxygen atoms in total. The largest absolute Gasteiger partial charge is 0.376 e. The number of carbonyl (C=O) groups excluding carboxylic acids is 1. The molecule has 18 heavy (non-hydrogen) atoms. The summed E-state index contributed by atoms with van der Waals surface area (Å²) in [6.45, 7) is 1.72. The van der Waals surface area contributed by atoms with Crippen molar-refractivity contribution in [3.05, 3.63) is 0 Å². The third kappa shape index (κ3) is 4.13. The van der Waals surface area contributed by atoms with Crippen LogP contribution in [0.5, 0.6) is 0 Å². The van der Waals surface area contributed by atoms with Gasteiger partial charge in [0.1, 0.15) is 0 Å². The van der Waals surface area contributed by atoms with E-state index in [1.165, 1.54) is 0 Å². The molecule has 2 aliphatic rings. The first-order valence-electron chi connectivity index (χ1n) is 6.39. The molecule has 2 heterocycles. The van der Waals surface area contributed by atoms with Crippen molar-refractivity contribution in [2.75, 3.05) is 31.2 Å². The molecular formula is C11H20N2O4S. The molecule has 0 saturated carbocycles. The highest BCUT2D eigenvalue weighted by Crippen LogP contribution is 2.17. The van der Waals surface area contributed by atoms with Crippen LogP contribution in [0.15, 0.2) is 0 Å². The lowest BCUT2D eigenvalue weighted by Gasteiger charge is -2.13. The standard InChI is InChI=1S/C11H20N2O4S/c14-11(13-7-10-2-1-4-17-10)12-6-9-3-5-18(15,16)8-9/h9-10H,1-8H2,(H2,12,13,14)/t9-,10-/m1/s1. The fourth-order valence-electron chi connectivity index (χ4n) is 2.34. The van der Waals surface area contributed by atoms with E-state index >= 15 is 0 Å². The molecule has 2 saturated heterocycles. The van der Waals surface area contributed by atoms with Crippen LogP contribution in [0.1, 0.15) is 19.3 Å². The van der Waals surface area contributed by atoms with Gasteiger partial charge in [-0.05, 0) is 25.2 Å². The van der Waals surface area contributed by atoms with Gasteiger partial charge < -0.3 is 15.4 Å². The zero-order valence-corrected chi connectivity index (χ0v) is 11.2. The van der Waals surface area contributed by atoms with Gasteiger partial charge in [0.15, 0.2) is 9.84 Å². The van der Waals surface area contributed by atoms with Crippen molar-refractivity contribution in [1.29, 1.82) is 0 Å². The van der Waals surface area contributed by atoms with Gasteiger partial charge in [-0.25, -0.2) is 13.2 Å². The van der Waals surface area contributed by atoms with Crippen LogP contribution in [-0.4, -0.2) is 51.8 Å². The molecule has 2 amide bonds. The lowest BCUT2D eigenvalue weighted by molar-refractivity contribution is 0.111. The van der Waals surface area contributed by atoms with Gasteiger partial charge in [-0.1, -0.05) is 0 Å². The molecule has 7 heteroatoms. The molecule has 2 atom stereocenters. The molecule has 0 aromatic heterocycles. The molecule has 2 aliphatic heterocycles. The molecule has 2 fully saturated rings. The Morgan fingerprint density at radius 1 is 1.22 bits per heavy atom. The van der Waals surface area contributed by atoms with E-state index in [1.807, 2.05) is 0 Å². The van der Waals surface area contributed by atoms with Gasteiger partial charge in [0.25, 0.3) is 0 Å². The number of urea groups is 1. The summed E-state index contributed by atoms with van der Waals surface area (Å²) in [5.41, 5.74) is 0. The Balaban J connectivity index is 1.60. The SMILES string of the molecule is O=C(NC[C@H]1CCS(=O)(=O)C1)NC[C@H]1CCCO1. The van der Waals surface area contributed by atoms with Gasteiger partial charge in [-0.2, -0.15) is 0 Å². The van der Waals surface area contributed by atoms with Crippen LogP contribution in [0, 0.1) is 5.92 Å². The van der Waals surface area contributed by atoms with Gasteiger partial charge in [-0.3, -0.25) is 0 Å². The monoisotopic (exact) mass is 276 g/mol. The fraction of sp³-hybridized carbons (Fsp3) is 0.909. The molecule has 0 radical (unpaired) electrons. The third-order valence-electron chi connectivity index (χ3n) is 3.39. The Labute approximate surface area is 107 Å². The molecule has 0 aliphatic carbocycles. The van der Waals surface area contributed by atoms with Crippen LogP contribution in [0.25, 0.3) is 0 Å². The molecule has 2 N–H and O–H groups in total. The second-order valence-corrected chi connectivity index (χ2v) is 7.22. The average Bonchev–Trinajstić information content (AvgIpc) is 2.93. The maximum atomic E-state index is 11.5. The number of hydrogen-bond donors (Lipinski definition) is 2. The van der Waals surface area contributed by atoms with Crippen molar-refractivity contribution >= 4 is 15.9 Å². The highest BCUT2D eigenvalue weighted by molar-refractivity contribution is 7.91. The number of carbonyl (C=O) groups is 1. The van der Waals surface area contributed by atoms with Crippen LogP contribution >= 0.6 is 0 Å². The van der Waals surface area contributed by atoms with E-state index in [4.69, 9.17) is 4.74 Å². The molecule has 0 bridgehead atoms. The van der Waals surface area contributed by atoms with Crippen LogP contribution in [0.4, 0.5) is 4.79 Å². The Morgan fingerprint density at radius 2 is 2.00 bits per heavy atom.